The topological polar surface area (TPSA) is 37.8 Å². The van der Waals surface area contributed by atoms with Crippen molar-refractivity contribution in [3.8, 4) is 0 Å². The molecule has 0 fully saturated rings. The van der Waals surface area contributed by atoms with Crippen molar-refractivity contribution in [3.63, 3.8) is 0 Å². The molecular weight excluding hydrogens is 186 g/mol. The zero-order valence-electron chi connectivity index (χ0n) is 10.5. The number of aromatic nitrogens is 2. The Morgan fingerprint density at radius 1 is 0.933 bits per heavy atom. The highest BCUT2D eigenvalue weighted by Gasteiger charge is 2.15. The molecule has 0 radical (unpaired) electrons. The minimum atomic E-state index is 0.00322. The molecular formula is C12H21N3. The lowest BCUT2D eigenvalue weighted by Crippen LogP contribution is -2.27. The molecule has 84 valence electrons. The van der Waals surface area contributed by atoms with E-state index in [0.717, 1.165) is 5.56 Å². The van der Waals surface area contributed by atoms with Crippen molar-refractivity contribution in [2.75, 3.05) is 5.32 Å². The number of hydrogen-bond donors (Lipinski definition) is 1. The Morgan fingerprint density at radius 2 is 1.40 bits per heavy atom. The molecule has 15 heavy (non-hydrogen) atoms. The number of anilines is 1. The number of rotatable bonds is 1. The van der Waals surface area contributed by atoms with Gasteiger partial charge in [0.2, 0.25) is 5.95 Å². The van der Waals surface area contributed by atoms with E-state index < -0.39 is 0 Å². The van der Waals surface area contributed by atoms with Crippen LogP contribution in [0, 0.1) is 0 Å². The van der Waals surface area contributed by atoms with Crippen molar-refractivity contribution in [2.24, 2.45) is 0 Å². The van der Waals surface area contributed by atoms with Crippen molar-refractivity contribution >= 4 is 5.95 Å². The quantitative estimate of drug-likeness (QED) is 0.769. The highest BCUT2D eigenvalue weighted by atomic mass is 15.1. The third-order valence-electron chi connectivity index (χ3n) is 2.00. The van der Waals surface area contributed by atoms with Gasteiger partial charge in [0.15, 0.2) is 0 Å². The van der Waals surface area contributed by atoms with Crippen molar-refractivity contribution in [3.05, 3.63) is 18.0 Å². The second-order valence-electron chi connectivity index (χ2n) is 5.92. The van der Waals surface area contributed by atoms with Gasteiger partial charge < -0.3 is 5.32 Å². The number of nitrogens with one attached hydrogen (secondary N) is 1. The molecule has 0 saturated carbocycles. The van der Waals surface area contributed by atoms with E-state index in [1.165, 1.54) is 0 Å². The number of nitrogens with zero attached hydrogens (tertiary/aromatic N) is 2. The normalized spacial score (nSPS) is 12.7. The lowest BCUT2D eigenvalue weighted by Gasteiger charge is -2.22. The van der Waals surface area contributed by atoms with Crippen LogP contribution < -0.4 is 5.32 Å². The van der Waals surface area contributed by atoms with E-state index in [1.807, 2.05) is 12.4 Å². The molecule has 3 nitrogen and oxygen atoms in total. The zero-order chi connectivity index (χ0) is 11.7. The van der Waals surface area contributed by atoms with Gasteiger partial charge in [-0.3, -0.25) is 0 Å². The summed E-state index contributed by atoms with van der Waals surface area (Å²) >= 11 is 0. The highest BCUT2D eigenvalue weighted by Crippen LogP contribution is 2.21. The van der Waals surface area contributed by atoms with Gasteiger partial charge in [0, 0.05) is 17.9 Å². The predicted octanol–water partition coefficient (Wildman–Crippen LogP) is 2.98. The Bertz CT molecular complexity index is 314. The summed E-state index contributed by atoms with van der Waals surface area (Å²) in [5.41, 5.74) is 1.27. The van der Waals surface area contributed by atoms with Gasteiger partial charge in [-0.2, -0.15) is 0 Å². The lowest BCUT2D eigenvalue weighted by molar-refractivity contribution is 0.582. The van der Waals surface area contributed by atoms with Gasteiger partial charge in [-0.25, -0.2) is 9.97 Å². The molecule has 1 heterocycles. The van der Waals surface area contributed by atoms with E-state index in [9.17, 15) is 0 Å². The van der Waals surface area contributed by atoms with Crippen LogP contribution in [0.4, 0.5) is 5.95 Å². The third-order valence-corrected chi connectivity index (χ3v) is 2.00. The Morgan fingerprint density at radius 3 is 1.73 bits per heavy atom. The molecule has 3 heteroatoms. The molecule has 0 amide bonds. The highest BCUT2D eigenvalue weighted by molar-refractivity contribution is 5.29. The van der Waals surface area contributed by atoms with Crippen LogP contribution in [0.1, 0.15) is 47.1 Å². The van der Waals surface area contributed by atoms with E-state index in [1.54, 1.807) is 0 Å². The van der Waals surface area contributed by atoms with E-state index in [0.29, 0.717) is 5.95 Å². The molecule has 0 atom stereocenters. The lowest BCUT2D eigenvalue weighted by atomic mass is 9.89. The van der Waals surface area contributed by atoms with Gasteiger partial charge in [-0.05, 0) is 31.7 Å². The maximum Gasteiger partial charge on any atom is 0.222 e. The van der Waals surface area contributed by atoms with Gasteiger partial charge in [-0.15, -0.1) is 0 Å². The van der Waals surface area contributed by atoms with E-state index in [4.69, 9.17) is 0 Å². The minimum Gasteiger partial charge on any atom is -0.350 e. The molecule has 1 aromatic rings. The first-order chi connectivity index (χ1) is 6.68. The predicted molar refractivity (Wildman–Crippen MR) is 64.1 cm³/mol. The van der Waals surface area contributed by atoms with Gasteiger partial charge in [0.25, 0.3) is 0 Å². The first-order valence-corrected chi connectivity index (χ1v) is 5.29. The van der Waals surface area contributed by atoms with Gasteiger partial charge >= 0.3 is 0 Å². The Balaban J connectivity index is 2.82. The van der Waals surface area contributed by atoms with E-state index >= 15 is 0 Å². The van der Waals surface area contributed by atoms with Crippen LogP contribution in [0.25, 0.3) is 0 Å². The van der Waals surface area contributed by atoms with E-state index in [-0.39, 0.29) is 11.0 Å². The molecule has 0 aliphatic heterocycles. The largest absolute Gasteiger partial charge is 0.350 e. The molecule has 0 aliphatic carbocycles. The molecule has 0 aliphatic rings. The standard InChI is InChI=1S/C12H21N3/c1-11(2,3)9-7-13-10(14-8-9)15-12(4,5)6/h7-8H,1-6H3,(H,13,14,15). The van der Waals surface area contributed by atoms with Crippen molar-refractivity contribution in [1.29, 1.82) is 0 Å². The maximum absolute atomic E-state index is 4.31. The monoisotopic (exact) mass is 207 g/mol. The molecule has 0 unspecified atom stereocenters. The van der Waals surface area contributed by atoms with Crippen molar-refractivity contribution in [2.45, 2.75) is 52.5 Å². The van der Waals surface area contributed by atoms with Gasteiger partial charge in [0.05, 0.1) is 0 Å². The van der Waals surface area contributed by atoms with Crippen LogP contribution in [-0.2, 0) is 5.41 Å². The van der Waals surface area contributed by atoms with Crippen molar-refractivity contribution in [1.82, 2.24) is 9.97 Å². The second-order valence-corrected chi connectivity index (χ2v) is 5.92. The Labute approximate surface area is 92.3 Å². The van der Waals surface area contributed by atoms with Gasteiger partial charge in [0.1, 0.15) is 0 Å². The first-order valence-electron chi connectivity index (χ1n) is 5.29. The summed E-state index contributed by atoms with van der Waals surface area (Å²) < 4.78 is 0. The van der Waals surface area contributed by atoms with Gasteiger partial charge in [-0.1, -0.05) is 20.8 Å². The summed E-state index contributed by atoms with van der Waals surface area (Å²) in [6.07, 6.45) is 3.78. The Kier molecular flexibility index (Phi) is 3.03. The fourth-order valence-electron chi connectivity index (χ4n) is 1.12. The van der Waals surface area contributed by atoms with Crippen LogP contribution in [-0.4, -0.2) is 15.5 Å². The molecule has 0 aromatic carbocycles. The second kappa shape index (κ2) is 3.80. The summed E-state index contributed by atoms with van der Waals surface area (Å²) in [5.74, 6) is 0.690. The molecule has 0 bridgehead atoms. The fourth-order valence-corrected chi connectivity index (χ4v) is 1.12. The molecule has 1 aromatic heterocycles. The van der Waals surface area contributed by atoms with Crippen molar-refractivity contribution < 1.29 is 0 Å². The third kappa shape index (κ3) is 3.86. The summed E-state index contributed by atoms with van der Waals surface area (Å²) in [7, 11) is 0. The minimum absolute atomic E-state index is 0.00322. The molecule has 1 rings (SSSR count). The summed E-state index contributed by atoms with van der Waals surface area (Å²) in [6, 6.07) is 0. The molecule has 0 saturated heterocycles. The van der Waals surface area contributed by atoms with Crippen LogP contribution in [0.2, 0.25) is 0 Å². The molecule has 0 spiro atoms. The first kappa shape index (κ1) is 12.0. The zero-order valence-corrected chi connectivity index (χ0v) is 10.5. The summed E-state index contributed by atoms with van der Waals surface area (Å²) in [6.45, 7) is 12.7. The maximum atomic E-state index is 4.31. The number of hydrogen-bond acceptors (Lipinski definition) is 3. The SMILES string of the molecule is CC(C)(C)Nc1ncc(C(C)(C)C)cn1. The van der Waals surface area contributed by atoms with Crippen LogP contribution in [0.15, 0.2) is 12.4 Å². The average Bonchev–Trinajstić information content (AvgIpc) is 2.00. The summed E-state index contributed by atoms with van der Waals surface area (Å²) in [5, 5.41) is 3.24. The molecule has 1 N–H and O–H groups in total. The Hall–Kier alpha value is -1.12. The van der Waals surface area contributed by atoms with Crippen LogP contribution >= 0.6 is 0 Å². The van der Waals surface area contributed by atoms with Crippen LogP contribution in [0.5, 0.6) is 0 Å². The van der Waals surface area contributed by atoms with E-state index in [2.05, 4.69) is 56.8 Å². The average molecular weight is 207 g/mol. The van der Waals surface area contributed by atoms with Crippen LogP contribution in [0.3, 0.4) is 0 Å². The summed E-state index contributed by atoms with van der Waals surface area (Å²) in [4.78, 5) is 8.62. The smallest absolute Gasteiger partial charge is 0.222 e. The fraction of sp³-hybridized carbons (Fsp3) is 0.667.